The molecular weight excluding hydrogens is 368 g/mol. The van der Waals surface area contributed by atoms with E-state index in [4.69, 9.17) is 18.6 Å². The lowest BCUT2D eigenvalue weighted by Crippen LogP contribution is -2.44. The lowest BCUT2D eigenvalue weighted by atomic mass is 9.84. The third-order valence-corrected chi connectivity index (χ3v) is 6.13. The number of hydrogen-bond acceptors (Lipinski definition) is 5. The van der Waals surface area contributed by atoms with Gasteiger partial charge in [-0.15, -0.1) is 0 Å². The van der Waals surface area contributed by atoms with Gasteiger partial charge in [-0.05, 0) is 62.1 Å². The number of nitrogens with zero attached hydrogens (tertiary/aromatic N) is 2. The van der Waals surface area contributed by atoms with E-state index < -0.39 is 0 Å². The summed E-state index contributed by atoms with van der Waals surface area (Å²) in [4.78, 5) is 4.61. The third-order valence-electron chi connectivity index (χ3n) is 6.13. The molecule has 6 heteroatoms. The summed E-state index contributed by atoms with van der Waals surface area (Å²) in [6.07, 6.45) is 7.83. The molecule has 2 aliphatic heterocycles. The fourth-order valence-electron chi connectivity index (χ4n) is 4.50. The topological polar surface area (TPSA) is 58.7 Å². The Morgan fingerprint density at radius 2 is 1.83 bits per heavy atom. The molecule has 1 spiro atoms. The van der Waals surface area contributed by atoms with Gasteiger partial charge in [0.25, 0.3) is 0 Å². The first-order chi connectivity index (χ1) is 14.3. The number of furan rings is 1. The molecular formula is C23H26N2O4. The summed E-state index contributed by atoms with van der Waals surface area (Å²) in [6, 6.07) is 12.2. The van der Waals surface area contributed by atoms with Crippen LogP contribution in [-0.2, 0) is 9.47 Å². The van der Waals surface area contributed by atoms with Crippen molar-refractivity contribution in [2.24, 2.45) is 0 Å². The molecule has 5 rings (SSSR count). The summed E-state index contributed by atoms with van der Waals surface area (Å²) in [5, 5.41) is 0. The Labute approximate surface area is 170 Å². The van der Waals surface area contributed by atoms with E-state index in [0.29, 0.717) is 6.04 Å². The summed E-state index contributed by atoms with van der Waals surface area (Å²) in [7, 11) is 1.67. The van der Waals surface area contributed by atoms with Crippen LogP contribution in [0.25, 0.3) is 22.9 Å². The predicted molar refractivity (Wildman–Crippen MR) is 109 cm³/mol. The molecule has 0 bridgehead atoms. The highest BCUT2D eigenvalue weighted by Gasteiger charge is 2.40. The van der Waals surface area contributed by atoms with Crippen molar-refractivity contribution in [1.82, 2.24) is 9.55 Å². The first-order valence-electron chi connectivity index (χ1n) is 10.3. The zero-order valence-electron chi connectivity index (χ0n) is 16.7. The molecule has 0 saturated carbocycles. The Hall–Kier alpha value is -2.57. The molecule has 0 aliphatic carbocycles. The second kappa shape index (κ2) is 7.69. The van der Waals surface area contributed by atoms with Crippen LogP contribution in [0, 0.1) is 0 Å². The average Bonchev–Trinajstić information content (AvgIpc) is 3.44. The van der Waals surface area contributed by atoms with Crippen molar-refractivity contribution < 1.29 is 18.6 Å². The van der Waals surface area contributed by atoms with E-state index in [9.17, 15) is 0 Å². The molecule has 0 N–H and O–H groups in total. The molecule has 2 saturated heterocycles. The molecule has 152 valence electrons. The molecule has 0 radical (unpaired) electrons. The van der Waals surface area contributed by atoms with Crippen LogP contribution in [0.3, 0.4) is 0 Å². The van der Waals surface area contributed by atoms with Gasteiger partial charge in [0.2, 0.25) is 0 Å². The third kappa shape index (κ3) is 3.58. The van der Waals surface area contributed by atoms with Gasteiger partial charge in [0, 0.05) is 43.8 Å². The van der Waals surface area contributed by atoms with Crippen LogP contribution in [0.5, 0.6) is 5.75 Å². The van der Waals surface area contributed by atoms with Crippen molar-refractivity contribution in [3.63, 3.8) is 0 Å². The molecule has 2 aromatic heterocycles. The van der Waals surface area contributed by atoms with Crippen LogP contribution in [0.2, 0.25) is 0 Å². The van der Waals surface area contributed by atoms with E-state index in [1.807, 2.05) is 42.6 Å². The van der Waals surface area contributed by atoms with Crippen LogP contribution < -0.4 is 4.74 Å². The maximum absolute atomic E-state index is 6.21. The maximum atomic E-state index is 6.21. The van der Waals surface area contributed by atoms with Gasteiger partial charge in [0.05, 0.1) is 12.7 Å². The smallest absolute Gasteiger partial charge is 0.176 e. The van der Waals surface area contributed by atoms with Crippen LogP contribution in [0.1, 0.15) is 31.7 Å². The molecule has 1 atom stereocenters. The number of imidazole rings is 1. The fraction of sp³-hybridized carbons (Fsp3) is 0.435. The summed E-state index contributed by atoms with van der Waals surface area (Å²) < 4.78 is 25.4. The normalized spacial score (nSPS) is 21.3. The summed E-state index contributed by atoms with van der Waals surface area (Å²) >= 11 is 0. The summed E-state index contributed by atoms with van der Waals surface area (Å²) in [5.74, 6) is 3.31. The molecule has 0 amide bonds. The standard InChI is InChI=1S/C23H26N2O4/c1-26-19-4-2-17(3-5-19)20-6-7-21(29-20)22-24-11-12-25(22)18-8-13-28-23(16-18)9-14-27-15-10-23/h2-7,11-12,18H,8-10,13-16H2,1H3. The van der Waals surface area contributed by atoms with Crippen molar-refractivity contribution >= 4 is 0 Å². The monoisotopic (exact) mass is 394 g/mol. The van der Waals surface area contributed by atoms with Gasteiger partial charge < -0.3 is 23.2 Å². The summed E-state index contributed by atoms with van der Waals surface area (Å²) in [6.45, 7) is 2.34. The lowest BCUT2D eigenvalue weighted by molar-refractivity contribution is -0.144. The number of aromatic nitrogens is 2. The first kappa shape index (κ1) is 18.5. The zero-order chi connectivity index (χ0) is 19.7. The van der Waals surface area contributed by atoms with Gasteiger partial charge in [0.15, 0.2) is 11.6 Å². The SMILES string of the molecule is COc1ccc(-c2ccc(-c3nccn3C3CCOC4(CCOCC4)C3)o2)cc1. The van der Waals surface area contributed by atoms with Crippen LogP contribution in [-0.4, -0.2) is 42.1 Å². The lowest BCUT2D eigenvalue weighted by Gasteiger charge is -2.43. The second-order valence-corrected chi connectivity index (χ2v) is 7.84. The highest BCUT2D eigenvalue weighted by molar-refractivity contribution is 5.62. The number of rotatable bonds is 4. The molecule has 2 aliphatic rings. The van der Waals surface area contributed by atoms with Crippen molar-refractivity contribution in [2.45, 2.75) is 37.3 Å². The minimum Gasteiger partial charge on any atom is -0.497 e. The molecule has 1 unspecified atom stereocenters. The van der Waals surface area contributed by atoms with Crippen molar-refractivity contribution in [3.8, 4) is 28.7 Å². The Morgan fingerprint density at radius 1 is 1.03 bits per heavy atom. The number of ether oxygens (including phenoxy) is 3. The van der Waals surface area contributed by atoms with Gasteiger partial charge in [-0.3, -0.25) is 0 Å². The molecule has 1 aromatic carbocycles. The number of methoxy groups -OCH3 is 1. The van der Waals surface area contributed by atoms with Gasteiger partial charge in [-0.25, -0.2) is 4.98 Å². The first-order valence-corrected chi connectivity index (χ1v) is 10.3. The van der Waals surface area contributed by atoms with E-state index >= 15 is 0 Å². The van der Waals surface area contributed by atoms with Crippen molar-refractivity contribution in [1.29, 1.82) is 0 Å². The number of benzene rings is 1. The predicted octanol–water partition coefficient (Wildman–Crippen LogP) is 4.72. The molecule has 2 fully saturated rings. The van der Waals surface area contributed by atoms with E-state index in [1.54, 1.807) is 7.11 Å². The zero-order valence-corrected chi connectivity index (χ0v) is 16.7. The highest BCUT2D eigenvalue weighted by atomic mass is 16.5. The summed E-state index contributed by atoms with van der Waals surface area (Å²) in [5.41, 5.74) is 0.961. The minimum absolute atomic E-state index is 0.0554. The highest BCUT2D eigenvalue weighted by Crippen LogP contribution is 2.40. The molecule has 3 aromatic rings. The van der Waals surface area contributed by atoms with Gasteiger partial charge in [-0.1, -0.05) is 0 Å². The Kier molecular flexibility index (Phi) is 4.89. The maximum Gasteiger partial charge on any atom is 0.176 e. The largest absolute Gasteiger partial charge is 0.497 e. The molecule has 29 heavy (non-hydrogen) atoms. The van der Waals surface area contributed by atoms with Crippen LogP contribution in [0.15, 0.2) is 53.2 Å². The van der Waals surface area contributed by atoms with Crippen LogP contribution in [0.4, 0.5) is 0 Å². The molecule has 4 heterocycles. The van der Waals surface area contributed by atoms with E-state index in [0.717, 1.165) is 74.2 Å². The minimum atomic E-state index is -0.0554. The van der Waals surface area contributed by atoms with Gasteiger partial charge in [-0.2, -0.15) is 0 Å². The Bertz CT molecular complexity index is 948. The molecule has 6 nitrogen and oxygen atoms in total. The Morgan fingerprint density at radius 3 is 2.62 bits per heavy atom. The van der Waals surface area contributed by atoms with Gasteiger partial charge >= 0.3 is 0 Å². The Balaban J connectivity index is 1.39. The van der Waals surface area contributed by atoms with Crippen molar-refractivity contribution in [2.75, 3.05) is 26.9 Å². The van der Waals surface area contributed by atoms with E-state index in [1.165, 1.54) is 0 Å². The van der Waals surface area contributed by atoms with Gasteiger partial charge in [0.1, 0.15) is 11.5 Å². The van der Waals surface area contributed by atoms with E-state index in [-0.39, 0.29) is 5.60 Å². The second-order valence-electron chi connectivity index (χ2n) is 7.84. The van der Waals surface area contributed by atoms with Crippen molar-refractivity contribution in [3.05, 3.63) is 48.8 Å². The number of hydrogen-bond donors (Lipinski definition) is 0. The fourth-order valence-corrected chi connectivity index (χ4v) is 4.50. The van der Waals surface area contributed by atoms with E-state index in [2.05, 4.69) is 15.7 Å². The quantitative estimate of drug-likeness (QED) is 0.641. The average molecular weight is 394 g/mol. The van der Waals surface area contributed by atoms with Crippen LogP contribution >= 0.6 is 0 Å².